The predicted octanol–water partition coefficient (Wildman–Crippen LogP) is 12.4. The van der Waals surface area contributed by atoms with Crippen molar-refractivity contribution < 1.29 is 0 Å². The molecule has 0 aliphatic rings. The number of rotatable bonds is 4. The van der Waals surface area contributed by atoms with Gasteiger partial charge in [0.15, 0.2) is 0 Å². The van der Waals surface area contributed by atoms with E-state index in [4.69, 9.17) is 9.97 Å². The molecule has 0 atom stereocenters. The summed E-state index contributed by atoms with van der Waals surface area (Å²) in [6, 6.07) is 60.4. The molecule has 0 spiro atoms. The molecule has 7 aromatic carbocycles. The van der Waals surface area contributed by atoms with Gasteiger partial charge in [-0.3, -0.25) is 4.57 Å². The molecule has 0 saturated heterocycles. The molecule has 0 radical (unpaired) electrons. The summed E-state index contributed by atoms with van der Waals surface area (Å²) in [7, 11) is 0. The average Bonchev–Trinajstić information content (AvgIpc) is 3.85. The van der Waals surface area contributed by atoms with Crippen molar-refractivity contribution in [2.75, 3.05) is 0 Å². The van der Waals surface area contributed by atoms with Gasteiger partial charge in [0.25, 0.3) is 0 Å². The average molecular weight is 669 g/mol. The van der Waals surface area contributed by atoms with Crippen LogP contribution in [0.3, 0.4) is 0 Å². The summed E-state index contributed by atoms with van der Waals surface area (Å²) < 4.78 is 7.21. The summed E-state index contributed by atoms with van der Waals surface area (Å²) in [6.07, 6.45) is 0. The Balaban J connectivity index is 1.22. The zero-order valence-corrected chi connectivity index (χ0v) is 28.2. The van der Waals surface area contributed by atoms with Gasteiger partial charge in [0.1, 0.15) is 0 Å². The summed E-state index contributed by atoms with van der Waals surface area (Å²) in [5.74, 6) is 0.662. The second-order valence-electron chi connectivity index (χ2n) is 13.0. The molecule has 4 nitrogen and oxygen atoms in total. The van der Waals surface area contributed by atoms with E-state index in [0.29, 0.717) is 5.95 Å². The first-order valence-electron chi connectivity index (χ1n) is 17.2. The van der Waals surface area contributed by atoms with Gasteiger partial charge in [-0.25, -0.2) is 9.97 Å². The lowest BCUT2D eigenvalue weighted by molar-refractivity contribution is 0.996. The molecule has 5 heteroatoms. The SMILES string of the molecule is c1ccc(-c2cc(-c3ccccc3)nc(-n3c4ccccc4c4cc5c(cc43)sc3c5ccc4c3c3ccccc3n4-c3ccccc3)n2)cc1. The number of benzene rings is 7. The van der Waals surface area contributed by atoms with E-state index in [1.807, 2.05) is 23.5 Å². The third-order valence-electron chi connectivity index (χ3n) is 10.1. The zero-order chi connectivity index (χ0) is 33.5. The molecular formula is C46H28N4S. The lowest BCUT2D eigenvalue weighted by Crippen LogP contribution is -2.03. The van der Waals surface area contributed by atoms with E-state index in [-0.39, 0.29) is 0 Å². The second-order valence-corrected chi connectivity index (χ2v) is 14.1. The first-order chi connectivity index (χ1) is 25.3. The van der Waals surface area contributed by atoms with Gasteiger partial charge in [0.2, 0.25) is 5.95 Å². The van der Waals surface area contributed by atoms with Crippen molar-refractivity contribution in [1.82, 2.24) is 19.1 Å². The summed E-state index contributed by atoms with van der Waals surface area (Å²) in [6.45, 7) is 0. The number of hydrogen-bond acceptors (Lipinski definition) is 3. The Kier molecular flexibility index (Phi) is 6.09. The van der Waals surface area contributed by atoms with Gasteiger partial charge >= 0.3 is 0 Å². The Morgan fingerprint density at radius 1 is 0.392 bits per heavy atom. The maximum atomic E-state index is 5.25. The van der Waals surface area contributed by atoms with Gasteiger partial charge < -0.3 is 4.57 Å². The van der Waals surface area contributed by atoms with E-state index < -0.39 is 0 Å². The van der Waals surface area contributed by atoms with Crippen LogP contribution >= 0.6 is 11.3 Å². The number of thiophene rings is 1. The Morgan fingerprint density at radius 3 is 1.67 bits per heavy atom. The van der Waals surface area contributed by atoms with Crippen molar-refractivity contribution in [3.8, 4) is 34.2 Å². The maximum Gasteiger partial charge on any atom is 0.235 e. The van der Waals surface area contributed by atoms with Crippen molar-refractivity contribution in [3.63, 3.8) is 0 Å². The number of para-hydroxylation sites is 3. The second kappa shape index (κ2) is 11.0. The minimum Gasteiger partial charge on any atom is -0.309 e. The van der Waals surface area contributed by atoms with Gasteiger partial charge in [-0.2, -0.15) is 0 Å². The molecule has 0 N–H and O–H groups in total. The minimum atomic E-state index is 0.662. The molecule has 11 rings (SSSR count). The highest BCUT2D eigenvalue weighted by atomic mass is 32.1. The van der Waals surface area contributed by atoms with Crippen LogP contribution in [0.4, 0.5) is 0 Å². The van der Waals surface area contributed by atoms with Crippen LogP contribution in [-0.4, -0.2) is 19.1 Å². The zero-order valence-electron chi connectivity index (χ0n) is 27.4. The fourth-order valence-electron chi connectivity index (χ4n) is 7.87. The third kappa shape index (κ3) is 4.25. The standard InChI is InChI=1S/C46H28N4S/c1-4-14-29(15-5-1)37-27-38(30-16-6-2-7-17-30)48-46(47-37)50-39-22-12-10-20-32(39)35-26-36-33-24-25-41-44(45(33)51-43(36)28-42(35)50)34-21-11-13-23-40(34)49(41)31-18-8-3-9-19-31/h1-28H. The molecular weight excluding hydrogens is 641 g/mol. The highest BCUT2D eigenvalue weighted by Crippen LogP contribution is 2.45. The third-order valence-corrected chi connectivity index (χ3v) is 11.3. The molecule has 4 heterocycles. The minimum absolute atomic E-state index is 0.662. The van der Waals surface area contributed by atoms with Crippen molar-refractivity contribution in [2.45, 2.75) is 0 Å². The van der Waals surface area contributed by atoms with Gasteiger partial charge in [0, 0.05) is 58.5 Å². The number of nitrogens with zero attached hydrogens (tertiary/aromatic N) is 4. The van der Waals surface area contributed by atoms with E-state index in [1.54, 1.807) is 0 Å². The molecule has 0 unspecified atom stereocenters. The van der Waals surface area contributed by atoms with Crippen LogP contribution in [0.25, 0.3) is 97.9 Å². The van der Waals surface area contributed by atoms with Crippen LogP contribution in [0.2, 0.25) is 0 Å². The molecule has 0 amide bonds. The van der Waals surface area contributed by atoms with Gasteiger partial charge in [-0.15, -0.1) is 11.3 Å². The molecule has 4 aromatic heterocycles. The van der Waals surface area contributed by atoms with Crippen LogP contribution in [0, 0.1) is 0 Å². The van der Waals surface area contributed by atoms with Crippen LogP contribution in [0.15, 0.2) is 170 Å². The largest absolute Gasteiger partial charge is 0.309 e. The lowest BCUT2D eigenvalue weighted by atomic mass is 10.1. The normalized spacial score (nSPS) is 11.9. The molecule has 51 heavy (non-hydrogen) atoms. The quantitative estimate of drug-likeness (QED) is 0.187. The van der Waals surface area contributed by atoms with Gasteiger partial charge in [0.05, 0.1) is 33.5 Å². The Morgan fingerprint density at radius 2 is 0.980 bits per heavy atom. The first-order valence-corrected chi connectivity index (χ1v) is 18.0. The van der Waals surface area contributed by atoms with E-state index >= 15 is 0 Å². The predicted molar refractivity (Wildman–Crippen MR) is 214 cm³/mol. The molecule has 0 fully saturated rings. The summed E-state index contributed by atoms with van der Waals surface area (Å²) in [4.78, 5) is 10.5. The van der Waals surface area contributed by atoms with E-state index in [1.165, 1.54) is 58.4 Å². The summed E-state index contributed by atoms with van der Waals surface area (Å²) in [5, 5.41) is 7.51. The molecule has 0 aliphatic carbocycles. The van der Waals surface area contributed by atoms with Crippen molar-refractivity contribution >= 4 is 75.1 Å². The summed E-state index contributed by atoms with van der Waals surface area (Å²) in [5.41, 5.74) is 9.71. The van der Waals surface area contributed by atoms with Crippen LogP contribution in [-0.2, 0) is 0 Å². The molecule has 0 aliphatic heterocycles. The highest BCUT2D eigenvalue weighted by molar-refractivity contribution is 7.26. The first kappa shape index (κ1) is 28.3. The van der Waals surface area contributed by atoms with Gasteiger partial charge in [-0.1, -0.05) is 121 Å². The van der Waals surface area contributed by atoms with Crippen LogP contribution in [0.5, 0.6) is 0 Å². The van der Waals surface area contributed by atoms with Crippen molar-refractivity contribution in [2.24, 2.45) is 0 Å². The molecule has 0 bridgehead atoms. The number of hydrogen-bond donors (Lipinski definition) is 0. The molecule has 11 aromatic rings. The maximum absolute atomic E-state index is 5.25. The van der Waals surface area contributed by atoms with Crippen LogP contribution in [0.1, 0.15) is 0 Å². The van der Waals surface area contributed by atoms with E-state index in [0.717, 1.165) is 33.5 Å². The fraction of sp³-hybridized carbons (Fsp3) is 0. The van der Waals surface area contributed by atoms with E-state index in [2.05, 4.69) is 167 Å². The van der Waals surface area contributed by atoms with Crippen molar-refractivity contribution in [1.29, 1.82) is 0 Å². The fourth-order valence-corrected chi connectivity index (χ4v) is 9.14. The lowest BCUT2D eigenvalue weighted by Gasteiger charge is -2.11. The highest BCUT2D eigenvalue weighted by Gasteiger charge is 2.21. The number of fused-ring (bicyclic) bond motifs is 10. The Bertz CT molecular complexity index is 3060. The molecule has 238 valence electrons. The topological polar surface area (TPSA) is 35.6 Å². The van der Waals surface area contributed by atoms with Gasteiger partial charge in [-0.05, 0) is 48.5 Å². The summed E-state index contributed by atoms with van der Waals surface area (Å²) >= 11 is 1.88. The monoisotopic (exact) mass is 668 g/mol. The van der Waals surface area contributed by atoms with Crippen molar-refractivity contribution in [3.05, 3.63) is 170 Å². The van der Waals surface area contributed by atoms with E-state index in [9.17, 15) is 0 Å². The molecule has 0 saturated carbocycles. The smallest absolute Gasteiger partial charge is 0.235 e. The number of aromatic nitrogens is 4. The Hall–Kier alpha value is -6.56. The van der Waals surface area contributed by atoms with Crippen LogP contribution < -0.4 is 0 Å². The Labute approximate surface area is 297 Å².